The van der Waals surface area contributed by atoms with E-state index in [1.807, 2.05) is 13.8 Å². The fourth-order valence-corrected chi connectivity index (χ4v) is 3.85. The first kappa shape index (κ1) is 18.1. The van der Waals surface area contributed by atoms with Crippen molar-refractivity contribution in [2.75, 3.05) is 11.9 Å². The molecule has 1 saturated carbocycles. The van der Waals surface area contributed by atoms with E-state index < -0.39 is 28.5 Å². The Morgan fingerprint density at radius 1 is 1.39 bits per heavy atom. The first-order valence-electron chi connectivity index (χ1n) is 7.45. The molecule has 1 aliphatic heterocycles. The van der Waals surface area contributed by atoms with E-state index in [1.54, 1.807) is 0 Å². The van der Waals surface area contributed by atoms with E-state index in [1.165, 1.54) is 6.07 Å². The SMILES string of the molecule is CC1(C)C2OCCCC2C1(N)C(=O)Nc1ccc(F)cc1F.Cl. The van der Waals surface area contributed by atoms with Crippen LogP contribution in [0.5, 0.6) is 0 Å². The lowest BCUT2D eigenvalue weighted by Crippen LogP contribution is -2.81. The molecule has 4 nitrogen and oxygen atoms in total. The molecule has 3 N–H and O–H groups in total. The van der Waals surface area contributed by atoms with Gasteiger partial charge in [-0.05, 0) is 25.0 Å². The molecule has 2 fully saturated rings. The van der Waals surface area contributed by atoms with Gasteiger partial charge < -0.3 is 15.8 Å². The van der Waals surface area contributed by atoms with Crippen LogP contribution in [0.4, 0.5) is 14.5 Å². The van der Waals surface area contributed by atoms with E-state index in [4.69, 9.17) is 10.5 Å². The molecule has 0 aromatic heterocycles. The maximum Gasteiger partial charge on any atom is 0.245 e. The number of carbonyl (C=O) groups is 1. The Labute approximate surface area is 140 Å². The molecular weight excluding hydrogens is 326 g/mol. The number of nitrogens with one attached hydrogen (secondary N) is 1. The molecular formula is C16H21ClF2N2O2. The van der Waals surface area contributed by atoms with Crippen LogP contribution >= 0.6 is 12.4 Å². The second kappa shape index (κ2) is 6.00. The van der Waals surface area contributed by atoms with Crippen LogP contribution in [-0.2, 0) is 9.53 Å². The molecule has 1 aromatic carbocycles. The molecule has 1 aliphatic carbocycles. The third-order valence-electron chi connectivity index (χ3n) is 5.24. The van der Waals surface area contributed by atoms with E-state index in [-0.39, 0.29) is 30.1 Å². The first-order valence-corrected chi connectivity index (χ1v) is 7.45. The Morgan fingerprint density at radius 2 is 2.09 bits per heavy atom. The highest BCUT2D eigenvalue weighted by Crippen LogP contribution is 2.57. The molecule has 0 spiro atoms. The maximum atomic E-state index is 13.7. The predicted octanol–water partition coefficient (Wildman–Crippen LogP) is 2.86. The van der Waals surface area contributed by atoms with Gasteiger partial charge in [-0.1, -0.05) is 13.8 Å². The minimum absolute atomic E-state index is 0. The van der Waals surface area contributed by atoms with Gasteiger partial charge in [0.05, 0.1) is 11.8 Å². The van der Waals surface area contributed by atoms with E-state index >= 15 is 0 Å². The summed E-state index contributed by atoms with van der Waals surface area (Å²) in [6, 6.07) is 3.03. The standard InChI is InChI=1S/C16H20F2N2O2.ClH/c1-15(2)13-10(4-3-7-22-13)16(15,19)14(21)20-12-6-5-9(17)8-11(12)18;/h5-6,8,10,13H,3-4,7,19H2,1-2H3,(H,20,21);1H. The zero-order valence-electron chi connectivity index (χ0n) is 13.1. The summed E-state index contributed by atoms with van der Waals surface area (Å²) in [4.78, 5) is 12.7. The van der Waals surface area contributed by atoms with Crippen molar-refractivity contribution in [3.05, 3.63) is 29.8 Å². The van der Waals surface area contributed by atoms with Crippen LogP contribution in [0.25, 0.3) is 0 Å². The summed E-state index contributed by atoms with van der Waals surface area (Å²) in [6.07, 6.45) is 1.60. The molecule has 7 heteroatoms. The zero-order valence-corrected chi connectivity index (χ0v) is 13.9. The van der Waals surface area contributed by atoms with Gasteiger partial charge in [0.15, 0.2) is 0 Å². The Bertz CT molecular complexity index is 626. The number of ether oxygens (including phenoxy) is 1. The molecule has 1 heterocycles. The van der Waals surface area contributed by atoms with E-state index in [0.29, 0.717) is 6.61 Å². The largest absolute Gasteiger partial charge is 0.377 e. The number of hydrogen-bond acceptors (Lipinski definition) is 3. The smallest absolute Gasteiger partial charge is 0.245 e. The highest BCUT2D eigenvalue weighted by Gasteiger charge is 2.70. The van der Waals surface area contributed by atoms with Gasteiger partial charge >= 0.3 is 0 Å². The summed E-state index contributed by atoms with van der Waals surface area (Å²) in [5.41, 5.74) is 4.69. The van der Waals surface area contributed by atoms with Crippen molar-refractivity contribution in [2.45, 2.75) is 38.3 Å². The number of anilines is 1. The fourth-order valence-electron chi connectivity index (χ4n) is 3.85. The van der Waals surface area contributed by atoms with Gasteiger partial charge in [-0.15, -0.1) is 12.4 Å². The highest BCUT2D eigenvalue weighted by molar-refractivity contribution is 6.00. The summed E-state index contributed by atoms with van der Waals surface area (Å²) < 4.78 is 32.4. The van der Waals surface area contributed by atoms with Gasteiger partial charge in [-0.3, -0.25) is 4.79 Å². The van der Waals surface area contributed by atoms with Crippen molar-refractivity contribution in [3.63, 3.8) is 0 Å². The zero-order chi connectivity index (χ0) is 16.1. The third-order valence-corrected chi connectivity index (χ3v) is 5.24. The van der Waals surface area contributed by atoms with Gasteiger partial charge in [0.25, 0.3) is 0 Å². The minimum atomic E-state index is -1.13. The first-order chi connectivity index (χ1) is 10.3. The number of benzene rings is 1. The Hall–Kier alpha value is -1.24. The molecule has 1 amide bonds. The van der Waals surface area contributed by atoms with Crippen LogP contribution in [0.1, 0.15) is 26.7 Å². The summed E-state index contributed by atoms with van der Waals surface area (Å²) in [6.45, 7) is 4.45. The van der Waals surface area contributed by atoms with Crippen LogP contribution in [-0.4, -0.2) is 24.2 Å². The maximum absolute atomic E-state index is 13.7. The number of rotatable bonds is 2. The fraction of sp³-hybridized carbons (Fsp3) is 0.562. The molecule has 1 aromatic rings. The molecule has 3 atom stereocenters. The van der Waals surface area contributed by atoms with E-state index in [9.17, 15) is 13.6 Å². The molecule has 23 heavy (non-hydrogen) atoms. The van der Waals surface area contributed by atoms with Crippen molar-refractivity contribution in [1.82, 2.24) is 0 Å². The molecule has 0 radical (unpaired) electrons. The van der Waals surface area contributed by atoms with Crippen molar-refractivity contribution < 1.29 is 18.3 Å². The molecule has 3 rings (SSSR count). The molecule has 128 valence electrons. The van der Waals surface area contributed by atoms with Gasteiger partial charge in [0, 0.05) is 24.0 Å². The van der Waals surface area contributed by atoms with Crippen LogP contribution < -0.4 is 11.1 Å². The van der Waals surface area contributed by atoms with E-state index in [0.717, 1.165) is 25.0 Å². The lowest BCUT2D eigenvalue weighted by atomic mass is 9.46. The number of amides is 1. The van der Waals surface area contributed by atoms with Crippen LogP contribution in [0.3, 0.4) is 0 Å². The predicted molar refractivity (Wildman–Crippen MR) is 85.4 cm³/mol. The molecule has 2 aliphatic rings. The van der Waals surface area contributed by atoms with Gasteiger partial charge in [0.2, 0.25) is 5.91 Å². The monoisotopic (exact) mass is 346 g/mol. The summed E-state index contributed by atoms with van der Waals surface area (Å²) in [5, 5.41) is 2.51. The summed E-state index contributed by atoms with van der Waals surface area (Å²) >= 11 is 0. The van der Waals surface area contributed by atoms with Crippen LogP contribution in [0.15, 0.2) is 18.2 Å². The topological polar surface area (TPSA) is 64.3 Å². The van der Waals surface area contributed by atoms with Crippen molar-refractivity contribution in [1.29, 1.82) is 0 Å². The van der Waals surface area contributed by atoms with Gasteiger partial charge in [0.1, 0.15) is 17.2 Å². The van der Waals surface area contributed by atoms with Gasteiger partial charge in [-0.25, -0.2) is 8.78 Å². The second-order valence-electron chi connectivity index (χ2n) is 6.71. The van der Waals surface area contributed by atoms with Gasteiger partial charge in [-0.2, -0.15) is 0 Å². The number of fused-ring (bicyclic) bond motifs is 1. The van der Waals surface area contributed by atoms with Crippen molar-refractivity contribution in [3.8, 4) is 0 Å². The Kier molecular flexibility index (Phi) is 4.72. The lowest BCUT2D eigenvalue weighted by molar-refractivity contribution is -0.222. The average molecular weight is 347 g/mol. The summed E-state index contributed by atoms with van der Waals surface area (Å²) in [5.74, 6) is -2.04. The molecule has 0 bridgehead atoms. The number of halogens is 3. The lowest BCUT2D eigenvalue weighted by Gasteiger charge is -2.65. The number of hydrogen-bond donors (Lipinski definition) is 2. The van der Waals surface area contributed by atoms with Crippen LogP contribution in [0.2, 0.25) is 0 Å². The van der Waals surface area contributed by atoms with Crippen molar-refractivity contribution >= 4 is 24.0 Å². The average Bonchev–Trinajstić information content (AvgIpc) is 2.49. The highest BCUT2D eigenvalue weighted by atomic mass is 35.5. The minimum Gasteiger partial charge on any atom is -0.377 e. The van der Waals surface area contributed by atoms with Crippen molar-refractivity contribution in [2.24, 2.45) is 17.1 Å². The van der Waals surface area contributed by atoms with E-state index in [2.05, 4.69) is 5.32 Å². The quantitative estimate of drug-likeness (QED) is 0.865. The second-order valence-corrected chi connectivity index (χ2v) is 6.71. The Morgan fingerprint density at radius 3 is 2.74 bits per heavy atom. The summed E-state index contributed by atoms with van der Waals surface area (Å²) in [7, 11) is 0. The third kappa shape index (κ3) is 2.53. The molecule has 3 unspecified atom stereocenters. The number of carbonyl (C=O) groups excluding carboxylic acids is 1. The van der Waals surface area contributed by atoms with Crippen LogP contribution in [0, 0.1) is 23.0 Å². The number of nitrogens with two attached hydrogens (primary N) is 1. The Balaban J connectivity index is 0.00000192. The normalized spacial score (nSPS) is 31.3. The molecule has 1 saturated heterocycles.